The van der Waals surface area contributed by atoms with E-state index in [4.69, 9.17) is 5.73 Å². The van der Waals surface area contributed by atoms with Crippen LogP contribution in [0.5, 0.6) is 0 Å². The van der Waals surface area contributed by atoms with E-state index in [9.17, 15) is 4.79 Å². The van der Waals surface area contributed by atoms with E-state index in [1.165, 1.54) is 0 Å². The van der Waals surface area contributed by atoms with Crippen LogP contribution in [0.1, 0.15) is 59.8 Å². The van der Waals surface area contributed by atoms with E-state index in [-0.39, 0.29) is 5.78 Å². The van der Waals surface area contributed by atoms with Gasteiger partial charge in [-0.1, -0.05) is 40.0 Å². The number of nitrogens with two attached hydrogens (primary N) is 1. The Morgan fingerprint density at radius 2 is 1.79 bits per heavy atom. The molecule has 0 aromatic rings. The number of ketones is 1. The van der Waals surface area contributed by atoms with E-state index in [0.29, 0.717) is 12.3 Å². The van der Waals surface area contributed by atoms with Gasteiger partial charge in [0.1, 0.15) is 0 Å². The summed E-state index contributed by atoms with van der Waals surface area (Å²) in [6.07, 6.45) is 4.57. The molecule has 0 heterocycles. The quantitative estimate of drug-likeness (QED) is 0.685. The lowest BCUT2D eigenvalue weighted by Gasteiger charge is -2.24. The molecule has 2 heteroatoms. The summed E-state index contributed by atoms with van der Waals surface area (Å²) >= 11 is 0. The third kappa shape index (κ3) is 4.23. The van der Waals surface area contributed by atoms with E-state index in [0.717, 1.165) is 25.7 Å². The molecule has 0 rings (SSSR count). The van der Waals surface area contributed by atoms with Crippen LogP contribution >= 0.6 is 0 Å². The molecule has 0 aromatic carbocycles. The summed E-state index contributed by atoms with van der Waals surface area (Å²) in [6, 6.07) is 0. The van der Waals surface area contributed by atoms with Crippen molar-refractivity contribution in [3.63, 3.8) is 0 Å². The molecule has 14 heavy (non-hydrogen) atoms. The first-order valence-corrected chi connectivity index (χ1v) is 5.80. The van der Waals surface area contributed by atoms with Gasteiger partial charge in [-0.2, -0.15) is 0 Å². The lowest BCUT2D eigenvalue weighted by molar-refractivity contribution is -0.124. The van der Waals surface area contributed by atoms with Gasteiger partial charge in [0.15, 0.2) is 5.78 Å². The monoisotopic (exact) mass is 199 g/mol. The predicted octanol–water partition coefficient (Wildman–Crippen LogP) is 2.90. The molecule has 0 aliphatic carbocycles. The van der Waals surface area contributed by atoms with Gasteiger partial charge in [-0.3, -0.25) is 4.79 Å². The summed E-state index contributed by atoms with van der Waals surface area (Å²) in [7, 11) is 0. The average molecular weight is 199 g/mol. The highest BCUT2D eigenvalue weighted by Crippen LogP contribution is 2.19. The second-order valence-corrected chi connectivity index (χ2v) is 4.48. The van der Waals surface area contributed by atoms with Crippen LogP contribution in [0.4, 0.5) is 0 Å². The molecule has 0 aliphatic heterocycles. The number of rotatable bonds is 7. The van der Waals surface area contributed by atoms with Crippen molar-refractivity contribution in [2.24, 2.45) is 11.7 Å². The molecular formula is C12H25NO. The molecule has 0 aromatic heterocycles. The molecule has 0 aliphatic rings. The molecule has 0 saturated carbocycles. The average Bonchev–Trinajstić information content (AvgIpc) is 2.13. The van der Waals surface area contributed by atoms with E-state index in [1.54, 1.807) is 0 Å². The fraction of sp³-hybridized carbons (Fsp3) is 0.917. The molecule has 0 amide bonds. The van der Waals surface area contributed by atoms with Gasteiger partial charge in [-0.25, -0.2) is 0 Å². The smallest absolute Gasteiger partial charge is 0.152 e. The molecule has 1 unspecified atom stereocenters. The van der Waals surface area contributed by atoms with Gasteiger partial charge in [0, 0.05) is 6.42 Å². The number of hydrogen-bond donors (Lipinski definition) is 1. The van der Waals surface area contributed by atoms with E-state index < -0.39 is 5.54 Å². The fourth-order valence-corrected chi connectivity index (χ4v) is 1.73. The molecule has 0 fully saturated rings. The topological polar surface area (TPSA) is 43.1 Å². The first-order chi connectivity index (χ1) is 6.47. The third-order valence-electron chi connectivity index (χ3n) is 3.04. The summed E-state index contributed by atoms with van der Waals surface area (Å²) in [6.45, 7) is 8.20. The van der Waals surface area contributed by atoms with Crippen molar-refractivity contribution < 1.29 is 4.79 Å². The number of Topliss-reactive ketones (excluding diaryl/α,β-unsaturated/α-hetero) is 1. The van der Waals surface area contributed by atoms with Crippen LogP contribution in [0.25, 0.3) is 0 Å². The minimum atomic E-state index is -0.600. The molecule has 2 N–H and O–H groups in total. The summed E-state index contributed by atoms with van der Waals surface area (Å²) in [5, 5.41) is 0. The van der Waals surface area contributed by atoms with Crippen molar-refractivity contribution in [2.75, 3.05) is 0 Å². The molecule has 84 valence electrons. The van der Waals surface area contributed by atoms with Crippen LogP contribution in [0.15, 0.2) is 0 Å². The Morgan fingerprint density at radius 1 is 1.29 bits per heavy atom. The van der Waals surface area contributed by atoms with Gasteiger partial charge in [-0.15, -0.1) is 0 Å². The molecule has 0 bridgehead atoms. The molecule has 1 atom stereocenters. The molecule has 2 nitrogen and oxygen atoms in total. The van der Waals surface area contributed by atoms with Crippen molar-refractivity contribution in [1.82, 2.24) is 0 Å². The zero-order valence-electron chi connectivity index (χ0n) is 10.1. The molecule has 0 saturated heterocycles. The van der Waals surface area contributed by atoms with Crippen LogP contribution in [-0.2, 0) is 4.79 Å². The molecule has 0 radical (unpaired) electrons. The van der Waals surface area contributed by atoms with Gasteiger partial charge in [-0.05, 0) is 19.3 Å². The maximum atomic E-state index is 11.9. The standard InChI is InChI=1S/C12H25NO/c1-5-8-12(4,13)11(14)9-10(6-2)7-3/h10H,5-9,13H2,1-4H3. The van der Waals surface area contributed by atoms with E-state index >= 15 is 0 Å². The van der Waals surface area contributed by atoms with Gasteiger partial charge in [0.2, 0.25) is 0 Å². The molecule has 0 spiro atoms. The lowest BCUT2D eigenvalue weighted by atomic mass is 9.85. The Bertz CT molecular complexity index is 171. The normalized spacial score (nSPS) is 15.6. The largest absolute Gasteiger partial charge is 0.319 e. The second-order valence-electron chi connectivity index (χ2n) is 4.48. The number of carbonyl (C=O) groups is 1. The minimum Gasteiger partial charge on any atom is -0.319 e. The summed E-state index contributed by atoms with van der Waals surface area (Å²) < 4.78 is 0. The van der Waals surface area contributed by atoms with E-state index in [1.807, 2.05) is 6.92 Å². The first kappa shape index (κ1) is 13.6. The van der Waals surface area contributed by atoms with Crippen molar-refractivity contribution in [3.05, 3.63) is 0 Å². The Morgan fingerprint density at radius 3 is 2.14 bits per heavy atom. The second kappa shape index (κ2) is 6.18. The zero-order valence-corrected chi connectivity index (χ0v) is 10.1. The van der Waals surface area contributed by atoms with Crippen molar-refractivity contribution in [1.29, 1.82) is 0 Å². The SMILES string of the molecule is CCCC(C)(N)C(=O)CC(CC)CC. The summed E-state index contributed by atoms with van der Waals surface area (Å²) in [4.78, 5) is 11.9. The van der Waals surface area contributed by atoms with Crippen molar-refractivity contribution in [3.8, 4) is 0 Å². The van der Waals surface area contributed by atoms with Crippen LogP contribution in [0.3, 0.4) is 0 Å². The minimum absolute atomic E-state index is 0.230. The number of carbonyl (C=O) groups excluding carboxylic acids is 1. The van der Waals surface area contributed by atoms with Gasteiger partial charge < -0.3 is 5.73 Å². The lowest BCUT2D eigenvalue weighted by Crippen LogP contribution is -2.45. The Labute approximate surface area is 88.3 Å². The van der Waals surface area contributed by atoms with Gasteiger partial charge in [0.25, 0.3) is 0 Å². The van der Waals surface area contributed by atoms with Crippen LogP contribution in [0, 0.1) is 5.92 Å². The summed E-state index contributed by atoms with van der Waals surface area (Å²) in [5.74, 6) is 0.746. The van der Waals surface area contributed by atoms with Crippen LogP contribution in [0.2, 0.25) is 0 Å². The fourth-order valence-electron chi connectivity index (χ4n) is 1.73. The summed E-state index contributed by atoms with van der Waals surface area (Å²) in [5.41, 5.74) is 5.38. The van der Waals surface area contributed by atoms with Crippen LogP contribution in [-0.4, -0.2) is 11.3 Å². The molecular weight excluding hydrogens is 174 g/mol. The van der Waals surface area contributed by atoms with Crippen molar-refractivity contribution >= 4 is 5.78 Å². The third-order valence-corrected chi connectivity index (χ3v) is 3.04. The van der Waals surface area contributed by atoms with Crippen molar-refractivity contribution in [2.45, 2.75) is 65.3 Å². The highest BCUT2D eigenvalue weighted by Gasteiger charge is 2.27. The predicted molar refractivity (Wildman–Crippen MR) is 61.2 cm³/mol. The van der Waals surface area contributed by atoms with E-state index in [2.05, 4.69) is 20.8 Å². The zero-order chi connectivity index (χ0) is 11.2. The Hall–Kier alpha value is -0.370. The Balaban J connectivity index is 4.17. The maximum Gasteiger partial charge on any atom is 0.152 e. The highest BCUT2D eigenvalue weighted by molar-refractivity contribution is 5.87. The number of hydrogen-bond acceptors (Lipinski definition) is 2. The maximum absolute atomic E-state index is 11.9. The van der Waals surface area contributed by atoms with Gasteiger partial charge >= 0.3 is 0 Å². The highest BCUT2D eigenvalue weighted by atomic mass is 16.1. The Kier molecular flexibility index (Phi) is 6.01. The van der Waals surface area contributed by atoms with Gasteiger partial charge in [0.05, 0.1) is 5.54 Å². The van der Waals surface area contributed by atoms with Crippen LogP contribution < -0.4 is 5.73 Å². The first-order valence-electron chi connectivity index (χ1n) is 5.80.